The molecule has 0 aliphatic carbocycles. The van der Waals surface area contributed by atoms with Crippen LogP contribution in [0, 0.1) is 5.92 Å². The first kappa shape index (κ1) is 19.9. The van der Waals surface area contributed by atoms with Gasteiger partial charge in [-0.2, -0.15) is 0 Å². The van der Waals surface area contributed by atoms with Crippen molar-refractivity contribution >= 4 is 16.1 Å². The van der Waals surface area contributed by atoms with Crippen LogP contribution in [0.3, 0.4) is 0 Å². The van der Waals surface area contributed by atoms with Crippen molar-refractivity contribution in [1.29, 1.82) is 0 Å². The highest BCUT2D eigenvalue weighted by molar-refractivity contribution is 7.92. The number of benzene rings is 1. The molecule has 25 heavy (non-hydrogen) atoms. The van der Waals surface area contributed by atoms with Crippen LogP contribution in [-0.2, 0) is 14.7 Å². The number of piperidine rings is 1. The molecule has 1 heterocycles. The molecule has 140 valence electrons. The molecule has 0 N–H and O–H groups in total. The summed E-state index contributed by atoms with van der Waals surface area (Å²) in [4.78, 5) is 7.58. The van der Waals surface area contributed by atoms with Gasteiger partial charge in [-0.3, -0.25) is 0 Å². The molecule has 1 fully saturated rings. The Hall–Kier alpha value is -1.40. The standard InChI is InChI=1S/C19H30N2O3S/c1-19(2,25(22,23)18-10-5-4-6-11-18)12-8-14-21-13-7-9-17(16-21)15-20-24-3/h4-6,10-11,15,17H,7-9,12-14,16H2,1-3H3/b20-15+. The molecule has 0 aromatic heterocycles. The van der Waals surface area contributed by atoms with E-state index in [0.717, 1.165) is 38.9 Å². The summed E-state index contributed by atoms with van der Waals surface area (Å²) in [6.45, 7) is 6.63. The van der Waals surface area contributed by atoms with E-state index in [1.165, 1.54) is 0 Å². The number of hydrogen-bond donors (Lipinski definition) is 0. The third-order valence-electron chi connectivity index (χ3n) is 4.95. The molecule has 2 rings (SSSR count). The SMILES string of the molecule is CO/N=C/C1CCCN(CCCC(C)(C)S(=O)(=O)c2ccccc2)C1. The average molecular weight is 367 g/mol. The number of hydrogen-bond acceptors (Lipinski definition) is 5. The Balaban J connectivity index is 1.89. The molecular weight excluding hydrogens is 336 g/mol. The van der Waals surface area contributed by atoms with Gasteiger partial charge in [0.1, 0.15) is 7.11 Å². The summed E-state index contributed by atoms with van der Waals surface area (Å²) < 4.78 is 25.0. The molecule has 0 spiro atoms. The highest BCUT2D eigenvalue weighted by Crippen LogP contribution is 2.29. The van der Waals surface area contributed by atoms with Gasteiger partial charge in [0.2, 0.25) is 0 Å². The van der Waals surface area contributed by atoms with Crippen molar-refractivity contribution in [1.82, 2.24) is 4.90 Å². The van der Waals surface area contributed by atoms with E-state index in [4.69, 9.17) is 4.84 Å². The van der Waals surface area contributed by atoms with Crippen molar-refractivity contribution in [2.75, 3.05) is 26.7 Å². The van der Waals surface area contributed by atoms with Crippen LogP contribution in [0.25, 0.3) is 0 Å². The first-order valence-electron chi connectivity index (χ1n) is 8.95. The fourth-order valence-corrected chi connectivity index (χ4v) is 4.91. The lowest BCUT2D eigenvalue weighted by Crippen LogP contribution is -2.38. The number of sulfone groups is 1. The van der Waals surface area contributed by atoms with E-state index in [2.05, 4.69) is 10.1 Å². The van der Waals surface area contributed by atoms with Crippen molar-refractivity contribution in [3.8, 4) is 0 Å². The predicted octanol–water partition coefficient (Wildman–Crippen LogP) is 3.36. The topological polar surface area (TPSA) is 59.0 Å². The summed E-state index contributed by atoms with van der Waals surface area (Å²) in [5, 5.41) is 3.88. The fraction of sp³-hybridized carbons (Fsp3) is 0.632. The summed E-state index contributed by atoms with van der Waals surface area (Å²) in [7, 11) is -1.76. The van der Waals surface area contributed by atoms with Gasteiger partial charge in [-0.05, 0) is 64.8 Å². The Bertz CT molecular complexity index is 657. The molecule has 0 saturated carbocycles. The maximum absolute atomic E-state index is 12.9. The second-order valence-electron chi connectivity index (χ2n) is 7.32. The Morgan fingerprint density at radius 3 is 2.72 bits per heavy atom. The molecule has 1 aromatic rings. The third kappa shape index (κ3) is 5.28. The third-order valence-corrected chi connectivity index (χ3v) is 7.51. The Kier molecular flexibility index (Phi) is 7.02. The quantitative estimate of drug-likeness (QED) is 0.523. The minimum absolute atomic E-state index is 0.411. The largest absolute Gasteiger partial charge is 0.399 e. The van der Waals surface area contributed by atoms with Gasteiger partial charge < -0.3 is 9.74 Å². The van der Waals surface area contributed by atoms with Crippen LogP contribution < -0.4 is 0 Å². The number of oxime groups is 1. The zero-order valence-electron chi connectivity index (χ0n) is 15.5. The van der Waals surface area contributed by atoms with E-state index in [1.807, 2.05) is 26.1 Å². The molecule has 1 atom stereocenters. The van der Waals surface area contributed by atoms with E-state index < -0.39 is 14.6 Å². The van der Waals surface area contributed by atoms with E-state index >= 15 is 0 Å². The summed E-state index contributed by atoms with van der Waals surface area (Å²) in [6, 6.07) is 8.76. The van der Waals surface area contributed by atoms with Crippen LogP contribution in [0.2, 0.25) is 0 Å². The molecule has 1 unspecified atom stereocenters. The van der Waals surface area contributed by atoms with E-state index in [0.29, 0.717) is 17.2 Å². The van der Waals surface area contributed by atoms with Crippen LogP contribution in [0.15, 0.2) is 40.4 Å². The predicted molar refractivity (Wildman–Crippen MR) is 102 cm³/mol. The smallest absolute Gasteiger partial charge is 0.183 e. The van der Waals surface area contributed by atoms with Crippen LogP contribution in [0.4, 0.5) is 0 Å². The molecule has 1 aromatic carbocycles. The normalized spacial score (nSPS) is 20.0. The maximum Gasteiger partial charge on any atom is 0.183 e. The number of nitrogens with zero attached hydrogens (tertiary/aromatic N) is 2. The van der Waals surface area contributed by atoms with Crippen LogP contribution in [-0.4, -0.2) is 51.0 Å². The summed E-state index contributed by atoms with van der Waals surface area (Å²) >= 11 is 0. The summed E-state index contributed by atoms with van der Waals surface area (Å²) in [5.74, 6) is 0.426. The van der Waals surface area contributed by atoms with E-state index in [-0.39, 0.29) is 0 Å². The second kappa shape index (κ2) is 8.81. The summed E-state index contributed by atoms with van der Waals surface area (Å²) in [6.07, 6.45) is 5.68. The molecule has 5 nitrogen and oxygen atoms in total. The molecule has 1 aliphatic heterocycles. The average Bonchev–Trinajstić information content (AvgIpc) is 2.61. The van der Waals surface area contributed by atoms with Crippen molar-refractivity contribution in [3.05, 3.63) is 30.3 Å². The van der Waals surface area contributed by atoms with Gasteiger partial charge in [0.25, 0.3) is 0 Å². The molecule has 6 heteroatoms. The second-order valence-corrected chi connectivity index (χ2v) is 9.90. The Labute approximate surface area is 152 Å². The molecule has 1 aliphatic rings. The first-order valence-corrected chi connectivity index (χ1v) is 10.4. The van der Waals surface area contributed by atoms with Crippen molar-refractivity contribution in [2.45, 2.75) is 49.2 Å². The molecule has 0 amide bonds. The summed E-state index contributed by atoms with van der Waals surface area (Å²) in [5.41, 5.74) is 0. The van der Waals surface area contributed by atoms with Crippen LogP contribution in [0.1, 0.15) is 39.5 Å². The number of rotatable bonds is 8. The van der Waals surface area contributed by atoms with Gasteiger partial charge in [-0.15, -0.1) is 0 Å². The van der Waals surface area contributed by atoms with Gasteiger partial charge >= 0.3 is 0 Å². The maximum atomic E-state index is 12.9. The lowest BCUT2D eigenvalue weighted by molar-refractivity contribution is 0.189. The highest BCUT2D eigenvalue weighted by atomic mass is 32.2. The van der Waals surface area contributed by atoms with Crippen molar-refractivity contribution < 1.29 is 13.3 Å². The Morgan fingerprint density at radius 1 is 1.32 bits per heavy atom. The highest BCUT2D eigenvalue weighted by Gasteiger charge is 2.35. The zero-order chi connectivity index (χ0) is 18.3. The van der Waals surface area contributed by atoms with Crippen LogP contribution in [0.5, 0.6) is 0 Å². The first-order chi connectivity index (χ1) is 11.9. The lowest BCUT2D eigenvalue weighted by Gasteiger charge is -2.32. The fourth-order valence-electron chi connectivity index (χ4n) is 3.34. The molecule has 1 saturated heterocycles. The van der Waals surface area contributed by atoms with E-state index in [9.17, 15) is 8.42 Å². The lowest BCUT2D eigenvalue weighted by atomic mass is 9.98. The van der Waals surface area contributed by atoms with Crippen molar-refractivity contribution in [2.24, 2.45) is 11.1 Å². The number of likely N-dealkylation sites (tertiary alicyclic amines) is 1. The monoisotopic (exact) mass is 366 g/mol. The minimum atomic E-state index is -3.32. The van der Waals surface area contributed by atoms with Gasteiger partial charge in [0.15, 0.2) is 9.84 Å². The molecule has 0 bridgehead atoms. The molecular formula is C19H30N2O3S. The van der Waals surface area contributed by atoms with E-state index in [1.54, 1.807) is 31.4 Å². The minimum Gasteiger partial charge on any atom is -0.399 e. The van der Waals surface area contributed by atoms with Gasteiger partial charge in [0, 0.05) is 18.7 Å². The van der Waals surface area contributed by atoms with Gasteiger partial charge in [0.05, 0.1) is 9.64 Å². The van der Waals surface area contributed by atoms with Crippen LogP contribution >= 0.6 is 0 Å². The Morgan fingerprint density at radius 2 is 2.04 bits per heavy atom. The van der Waals surface area contributed by atoms with Crippen molar-refractivity contribution in [3.63, 3.8) is 0 Å². The van der Waals surface area contributed by atoms with Gasteiger partial charge in [-0.1, -0.05) is 23.4 Å². The zero-order valence-corrected chi connectivity index (χ0v) is 16.3. The van der Waals surface area contributed by atoms with Gasteiger partial charge in [-0.25, -0.2) is 8.42 Å². The molecule has 0 radical (unpaired) electrons.